The summed E-state index contributed by atoms with van der Waals surface area (Å²) in [7, 11) is 0. The van der Waals surface area contributed by atoms with Crippen molar-refractivity contribution in [1.82, 2.24) is 0 Å². The lowest BCUT2D eigenvalue weighted by atomic mass is 10.2. The Balaban J connectivity index is 2.62. The van der Waals surface area contributed by atoms with Crippen LogP contribution in [0.25, 0.3) is 0 Å². The van der Waals surface area contributed by atoms with Gasteiger partial charge in [0.2, 0.25) is 0 Å². The van der Waals surface area contributed by atoms with Crippen LogP contribution in [0, 0.1) is 0 Å². The van der Waals surface area contributed by atoms with Crippen LogP contribution in [0.2, 0.25) is 0 Å². The number of aliphatic hydroxyl groups is 1. The highest BCUT2D eigenvalue weighted by atomic mass is 16.3. The Morgan fingerprint density at radius 1 is 1.22 bits per heavy atom. The van der Waals surface area contributed by atoms with Crippen molar-refractivity contribution in [2.45, 2.75) is 12.8 Å². The minimum atomic E-state index is 0.468. The van der Waals surface area contributed by atoms with Gasteiger partial charge in [0.05, 0.1) is 5.76 Å². The largest absolute Gasteiger partial charge is 0.512 e. The molecule has 1 aliphatic carbocycles. The third-order valence-corrected chi connectivity index (χ3v) is 1.21. The van der Waals surface area contributed by atoms with Crippen LogP contribution in [-0.4, -0.2) is 5.11 Å². The lowest BCUT2D eigenvalue weighted by molar-refractivity contribution is 0.389. The van der Waals surface area contributed by atoms with Crippen molar-refractivity contribution in [3.05, 3.63) is 36.1 Å². The van der Waals surface area contributed by atoms with E-state index in [9.17, 15) is 0 Å². The van der Waals surface area contributed by atoms with Gasteiger partial charge in [-0.15, -0.1) is 0 Å². The van der Waals surface area contributed by atoms with Gasteiger partial charge in [-0.1, -0.05) is 24.3 Å². The van der Waals surface area contributed by atoms with Crippen molar-refractivity contribution in [2.75, 3.05) is 0 Å². The van der Waals surface area contributed by atoms with Crippen molar-refractivity contribution in [1.29, 1.82) is 0 Å². The molecule has 0 fully saturated rings. The molecule has 9 heavy (non-hydrogen) atoms. The minimum absolute atomic E-state index is 0.468. The van der Waals surface area contributed by atoms with Crippen LogP contribution in [0.4, 0.5) is 0 Å². The molecule has 0 spiro atoms. The van der Waals surface area contributed by atoms with Crippen LogP contribution < -0.4 is 0 Å². The fourth-order valence-corrected chi connectivity index (χ4v) is 0.720. The molecule has 0 unspecified atom stereocenters. The van der Waals surface area contributed by atoms with E-state index in [-0.39, 0.29) is 0 Å². The maximum Gasteiger partial charge on any atom is 0.0925 e. The molecule has 0 aromatic carbocycles. The van der Waals surface area contributed by atoms with E-state index in [1.165, 1.54) is 0 Å². The van der Waals surface area contributed by atoms with Gasteiger partial charge >= 0.3 is 0 Å². The van der Waals surface area contributed by atoms with Crippen LogP contribution in [-0.2, 0) is 0 Å². The normalized spacial score (nSPS) is 18.4. The molecule has 0 heterocycles. The van der Waals surface area contributed by atoms with Gasteiger partial charge in [-0.2, -0.15) is 0 Å². The van der Waals surface area contributed by atoms with Gasteiger partial charge in [-0.05, 0) is 12.5 Å². The highest BCUT2D eigenvalue weighted by molar-refractivity contribution is 5.15. The molecule has 1 N–H and O–H groups in total. The molecule has 1 nitrogen and oxygen atoms in total. The fraction of sp³-hybridized carbons (Fsp3) is 0.250. The molecule has 1 heteroatoms. The number of aliphatic hydroxyl groups excluding tert-OH is 1. The SMILES string of the molecule is OC1=CC=CC=CCC1. The Morgan fingerprint density at radius 3 is 3.00 bits per heavy atom. The summed E-state index contributed by atoms with van der Waals surface area (Å²) in [5, 5.41) is 8.99. The molecule has 0 bridgehead atoms. The minimum Gasteiger partial charge on any atom is -0.512 e. The lowest BCUT2D eigenvalue weighted by Gasteiger charge is -1.95. The number of hydrogen-bond donors (Lipinski definition) is 1. The molecule has 48 valence electrons. The third kappa shape index (κ3) is 2.17. The summed E-state index contributed by atoms with van der Waals surface area (Å²) in [6.07, 6.45) is 11.2. The molecule has 0 aromatic rings. The average Bonchev–Trinajstić information content (AvgIpc) is 1.79. The van der Waals surface area contributed by atoms with E-state index < -0.39 is 0 Å². The highest BCUT2D eigenvalue weighted by Gasteiger charge is 1.89. The van der Waals surface area contributed by atoms with Gasteiger partial charge in [0, 0.05) is 6.42 Å². The second kappa shape index (κ2) is 3.13. The Morgan fingerprint density at radius 2 is 2.11 bits per heavy atom. The van der Waals surface area contributed by atoms with Gasteiger partial charge in [0.1, 0.15) is 0 Å². The first-order valence-electron chi connectivity index (χ1n) is 3.11. The first-order valence-corrected chi connectivity index (χ1v) is 3.11. The highest BCUT2D eigenvalue weighted by Crippen LogP contribution is 2.04. The first kappa shape index (κ1) is 6.14. The summed E-state index contributed by atoms with van der Waals surface area (Å²) in [5.74, 6) is 0.468. The van der Waals surface area contributed by atoms with Gasteiger partial charge in [0.25, 0.3) is 0 Å². The predicted octanol–water partition coefficient (Wildman–Crippen LogP) is 2.33. The maximum absolute atomic E-state index is 8.99. The van der Waals surface area contributed by atoms with Crippen molar-refractivity contribution >= 4 is 0 Å². The van der Waals surface area contributed by atoms with E-state index in [1.807, 2.05) is 24.3 Å². The zero-order chi connectivity index (χ0) is 6.53. The van der Waals surface area contributed by atoms with Crippen molar-refractivity contribution in [3.63, 3.8) is 0 Å². The van der Waals surface area contributed by atoms with E-state index in [2.05, 4.69) is 0 Å². The van der Waals surface area contributed by atoms with Gasteiger partial charge in [-0.3, -0.25) is 0 Å². The molecule has 0 aliphatic heterocycles. The summed E-state index contributed by atoms with van der Waals surface area (Å²) in [6.45, 7) is 0. The quantitative estimate of drug-likeness (QED) is 0.522. The fourth-order valence-electron chi connectivity index (χ4n) is 0.720. The van der Waals surface area contributed by atoms with Gasteiger partial charge in [-0.25, -0.2) is 0 Å². The van der Waals surface area contributed by atoms with Crippen LogP contribution >= 0.6 is 0 Å². The number of rotatable bonds is 0. The van der Waals surface area contributed by atoms with Gasteiger partial charge in [0.15, 0.2) is 0 Å². The summed E-state index contributed by atoms with van der Waals surface area (Å²) in [4.78, 5) is 0. The monoisotopic (exact) mass is 122 g/mol. The summed E-state index contributed by atoms with van der Waals surface area (Å²) < 4.78 is 0. The summed E-state index contributed by atoms with van der Waals surface area (Å²) in [5.41, 5.74) is 0. The first-order chi connectivity index (χ1) is 4.39. The van der Waals surface area contributed by atoms with E-state index in [1.54, 1.807) is 6.08 Å². The molecule has 1 rings (SSSR count). The second-order valence-electron chi connectivity index (χ2n) is 2.01. The molecular formula is C8H10O. The number of allylic oxidation sites excluding steroid dienone is 6. The molecule has 0 aromatic heterocycles. The zero-order valence-electron chi connectivity index (χ0n) is 5.25. The Bertz CT molecular complexity index is 163. The molecule has 0 amide bonds. The maximum atomic E-state index is 8.99. The molecule has 0 atom stereocenters. The Hall–Kier alpha value is -0.980. The van der Waals surface area contributed by atoms with Crippen LogP contribution in [0.1, 0.15) is 12.8 Å². The number of hydrogen-bond acceptors (Lipinski definition) is 1. The molecule has 1 aliphatic rings. The Kier molecular flexibility index (Phi) is 2.13. The Labute approximate surface area is 55.0 Å². The van der Waals surface area contributed by atoms with Crippen molar-refractivity contribution in [2.24, 2.45) is 0 Å². The summed E-state index contributed by atoms with van der Waals surface area (Å²) in [6, 6.07) is 0. The smallest absolute Gasteiger partial charge is 0.0925 e. The third-order valence-electron chi connectivity index (χ3n) is 1.21. The molecule has 0 saturated heterocycles. The van der Waals surface area contributed by atoms with Crippen molar-refractivity contribution < 1.29 is 5.11 Å². The average molecular weight is 122 g/mol. The standard InChI is InChI=1S/C8H10O/c9-8-6-4-2-1-3-5-7-8/h1-4,6,9H,5,7H2. The lowest BCUT2D eigenvalue weighted by Crippen LogP contribution is -1.79. The van der Waals surface area contributed by atoms with E-state index in [0.717, 1.165) is 12.8 Å². The van der Waals surface area contributed by atoms with E-state index >= 15 is 0 Å². The molecular weight excluding hydrogens is 112 g/mol. The van der Waals surface area contributed by atoms with E-state index in [0.29, 0.717) is 5.76 Å². The van der Waals surface area contributed by atoms with Crippen LogP contribution in [0.15, 0.2) is 36.1 Å². The summed E-state index contributed by atoms with van der Waals surface area (Å²) >= 11 is 0. The molecule has 0 radical (unpaired) electrons. The predicted molar refractivity (Wildman–Crippen MR) is 38.2 cm³/mol. The van der Waals surface area contributed by atoms with Crippen LogP contribution in [0.5, 0.6) is 0 Å². The molecule has 0 saturated carbocycles. The van der Waals surface area contributed by atoms with E-state index in [4.69, 9.17) is 5.11 Å². The van der Waals surface area contributed by atoms with Crippen molar-refractivity contribution in [3.8, 4) is 0 Å². The second-order valence-corrected chi connectivity index (χ2v) is 2.01. The van der Waals surface area contributed by atoms with Gasteiger partial charge < -0.3 is 5.11 Å². The zero-order valence-corrected chi connectivity index (χ0v) is 5.25. The topological polar surface area (TPSA) is 20.2 Å². The van der Waals surface area contributed by atoms with Crippen LogP contribution in [0.3, 0.4) is 0 Å².